The Morgan fingerprint density at radius 1 is 0.857 bits per heavy atom. The number of esters is 2. The summed E-state index contributed by atoms with van der Waals surface area (Å²) in [5.74, 6) is -0.886. The summed E-state index contributed by atoms with van der Waals surface area (Å²) >= 11 is 0. The average Bonchev–Trinajstić information content (AvgIpc) is 2.55. The molecule has 21 heavy (non-hydrogen) atoms. The number of hydrogen-bond donors (Lipinski definition) is 0. The van der Waals surface area contributed by atoms with Crippen LogP contribution < -0.4 is 0 Å². The predicted molar refractivity (Wildman–Crippen MR) is 73.7 cm³/mol. The second-order valence-electron chi connectivity index (χ2n) is 4.11. The zero-order valence-electron chi connectivity index (χ0n) is 11.3. The Labute approximate surface area is 121 Å². The smallest absolute Gasteiger partial charge is 0.339 e. The van der Waals surface area contributed by atoms with Gasteiger partial charge in [0.15, 0.2) is 0 Å². The van der Waals surface area contributed by atoms with Crippen molar-refractivity contribution in [3.05, 3.63) is 60.2 Å². The molecule has 0 aliphatic carbocycles. The van der Waals surface area contributed by atoms with Gasteiger partial charge in [0, 0.05) is 31.2 Å². The first-order valence-electron chi connectivity index (χ1n) is 6.41. The third-order valence-electron chi connectivity index (χ3n) is 2.55. The molecule has 2 heterocycles. The van der Waals surface area contributed by atoms with Crippen LogP contribution in [0.3, 0.4) is 0 Å². The van der Waals surface area contributed by atoms with E-state index in [9.17, 15) is 9.59 Å². The van der Waals surface area contributed by atoms with Crippen LogP contribution in [0.4, 0.5) is 0 Å². The van der Waals surface area contributed by atoms with Crippen LogP contribution in [-0.2, 0) is 9.47 Å². The maximum Gasteiger partial charge on any atom is 0.339 e. The Balaban J connectivity index is 1.64. The van der Waals surface area contributed by atoms with Gasteiger partial charge in [0.1, 0.15) is 0 Å². The summed E-state index contributed by atoms with van der Waals surface area (Å²) in [6.45, 7) is 0.349. The molecule has 0 aliphatic rings. The molecule has 0 unspecified atom stereocenters. The molecule has 6 nitrogen and oxygen atoms in total. The summed E-state index contributed by atoms with van der Waals surface area (Å²) < 4.78 is 10.1. The van der Waals surface area contributed by atoms with E-state index >= 15 is 0 Å². The van der Waals surface area contributed by atoms with Gasteiger partial charge < -0.3 is 9.47 Å². The minimum Gasteiger partial charge on any atom is -0.462 e. The summed E-state index contributed by atoms with van der Waals surface area (Å²) in [7, 11) is 0. The van der Waals surface area contributed by atoms with Crippen LogP contribution in [0.15, 0.2) is 49.1 Å². The highest BCUT2D eigenvalue weighted by atomic mass is 16.5. The first-order valence-corrected chi connectivity index (χ1v) is 6.41. The lowest BCUT2D eigenvalue weighted by Crippen LogP contribution is -2.11. The number of carbonyl (C=O) groups is 2. The number of rotatable bonds is 6. The first-order chi connectivity index (χ1) is 10.3. The van der Waals surface area contributed by atoms with E-state index in [4.69, 9.17) is 9.47 Å². The molecule has 0 aliphatic heterocycles. The topological polar surface area (TPSA) is 78.4 Å². The SMILES string of the molecule is O=C(OCCCOC(=O)c1cccnc1)c1cccnc1. The zero-order valence-corrected chi connectivity index (χ0v) is 11.3. The number of aromatic nitrogens is 2. The maximum atomic E-state index is 11.6. The lowest BCUT2D eigenvalue weighted by molar-refractivity contribution is 0.0395. The van der Waals surface area contributed by atoms with Crippen molar-refractivity contribution in [2.75, 3.05) is 13.2 Å². The Morgan fingerprint density at radius 2 is 1.33 bits per heavy atom. The molecule has 2 aromatic heterocycles. The summed E-state index contributed by atoms with van der Waals surface area (Å²) in [6.07, 6.45) is 6.46. The third kappa shape index (κ3) is 4.68. The molecule has 0 saturated heterocycles. The van der Waals surface area contributed by atoms with Crippen LogP contribution in [0, 0.1) is 0 Å². The van der Waals surface area contributed by atoms with Crippen molar-refractivity contribution < 1.29 is 19.1 Å². The first kappa shape index (κ1) is 14.6. The van der Waals surface area contributed by atoms with Crippen molar-refractivity contribution in [1.82, 2.24) is 9.97 Å². The molecule has 6 heteroatoms. The van der Waals surface area contributed by atoms with E-state index in [1.54, 1.807) is 36.7 Å². The van der Waals surface area contributed by atoms with Gasteiger partial charge >= 0.3 is 11.9 Å². The molecule has 2 rings (SSSR count). The lowest BCUT2D eigenvalue weighted by Gasteiger charge is -2.06. The third-order valence-corrected chi connectivity index (χ3v) is 2.55. The monoisotopic (exact) mass is 286 g/mol. The minimum absolute atomic E-state index is 0.175. The van der Waals surface area contributed by atoms with Gasteiger partial charge in [-0.2, -0.15) is 0 Å². The number of nitrogens with zero attached hydrogens (tertiary/aromatic N) is 2. The van der Waals surface area contributed by atoms with Crippen molar-refractivity contribution in [2.45, 2.75) is 6.42 Å². The molecule has 108 valence electrons. The Bertz CT molecular complexity index is 534. The second-order valence-corrected chi connectivity index (χ2v) is 4.11. The molecule has 0 spiro atoms. The molecule has 0 bridgehead atoms. The fraction of sp³-hybridized carbons (Fsp3) is 0.200. The van der Waals surface area contributed by atoms with Crippen LogP contribution in [0.5, 0.6) is 0 Å². The normalized spacial score (nSPS) is 9.90. The van der Waals surface area contributed by atoms with Gasteiger partial charge in [-0.1, -0.05) is 0 Å². The molecule has 0 radical (unpaired) electrons. The summed E-state index contributed by atoms with van der Waals surface area (Å²) in [5.41, 5.74) is 0.787. The quantitative estimate of drug-likeness (QED) is 0.596. The highest BCUT2D eigenvalue weighted by Gasteiger charge is 2.08. The van der Waals surface area contributed by atoms with E-state index in [-0.39, 0.29) is 13.2 Å². The van der Waals surface area contributed by atoms with Crippen LogP contribution in [-0.4, -0.2) is 35.1 Å². The number of pyridine rings is 2. The van der Waals surface area contributed by atoms with Gasteiger partial charge in [-0.3, -0.25) is 9.97 Å². The molecule has 0 N–H and O–H groups in total. The van der Waals surface area contributed by atoms with E-state index in [1.807, 2.05) is 0 Å². The number of carbonyl (C=O) groups excluding carboxylic acids is 2. The standard InChI is InChI=1S/C15H14N2O4/c18-14(12-4-1-6-16-10-12)20-8-3-9-21-15(19)13-5-2-7-17-11-13/h1-2,4-7,10-11H,3,8-9H2. The zero-order chi connectivity index (χ0) is 14.9. The number of ether oxygens (including phenoxy) is 2. The molecule has 2 aromatic rings. The van der Waals surface area contributed by atoms with Gasteiger partial charge in [0.25, 0.3) is 0 Å². The fourth-order valence-electron chi connectivity index (χ4n) is 1.52. The van der Waals surface area contributed by atoms with Crippen LogP contribution >= 0.6 is 0 Å². The van der Waals surface area contributed by atoms with Gasteiger partial charge in [0.05, 0.1) is 24.3 Å². The van der Waals surface area contributed by atoms with Crippen molar-refractivity contribution >= 4 is 11.9 Å². The second kappa shape index (κ2) is 7.74. The van der Waals surface area contributed by atoms with Crippen LogP contribution in [0.2, 0.25) is 0 Å². The summed E-state index contributed by atoms with van der Waals surface area (Å²) in [4.78, 5) is 30.8. The molecule has 0 atom stereocenters. The highest BCUT2D eigenvalue weighted by molar-refractivity contribution is 5.89. The summed E-state index contributed by atoms with van der Waals surface area (Å²) in [6, 6.07) is 6.56. The molecule has 0 fully saturated rings. The average molecular weight is 286 g/mol. The minimum atomic E-state index is -0.443. The number of hydrogen-bond acceptors (Lipinski definition) is 6. The largest absolute Gasteiger partial charge is 0.462 e. The van der Waals surface area contributed by atoms with E-state index in [0.717, 1.165) is 0 Å². The molecule has 0 saturated carbocycles. The van der Waals surface area contributed by atoms with Crippen molar-refractivity contribution in [3.63, 3.8) is 0 Å². The van der Waals surface area contributed by atoms with Crippen LogP contribution in [0.1, 0.15) is 27.1 Å². The van der Waals surface area contributed by atoms with E-state index in [0.29, 0.717) is 17.5 Å². The highest BCUT2D eigenvalue weighted by Crippen LogP contribution is 2.01. The van der Waals surface area contributed by atoms with Gasteiger partial charge in [0.2, 0.25) is 0 Å². The van der Waals surface area contributed by atoms with Gasteiger partial charge in [-0.15, -0.1) is 0 Å². The summed E-state index contributed by atoms with van der Waals surface area (Å²) in [5, 5.41) is 0. The molecular weight excluding hydrogens is 272 g/mol. The molecular formula is C15H14N2O4. The van der Waals surface area contributed by atoms with Gasteiger partial charge in [-0.25, -0.2) is 9.59 Å². The van der Waals surface area contributed by atoms with E-state index < -0.39 is 11.9 Å². The molecule has 0 aromatic carbocycles. The Kier molecular flexibility index (Phi) is 5.40. The van der Waals surface area contributed by atoms with E-state index in [1.165, 1.54) is 12.4 Å². The van der Waals surface area contributed by atoms with Crippen LogP contribution in [0.25, 0.3) is 0 Å². The van der Waals surface area contributed by atoms with Crippen molar-refractivity contribution in [3.8, 4) is 0 Å². The lowest BCUT2D eigenvalue weighted by atomic mass is 10.3. The van der Waals surface area contributed by atoms with Gasteiger partial charge in [-0.05, 0) is 24.3 Å². The van der Waals surface area contributed by atoms with Crippen molar-refractivity contribution in [2.24, 2.45) is 0 Å². The Hall–Kier alpha value is -2.76. The molecule has 0 amide bonds. The van der Waals surface area contributed by atoms with E-state index in [2.05, 4.69) is 9.97 Å². The maximum absolute atomic E-state index is 11.6. The Morgan fingerprint density at radius 3 is 1.71 bits per heavy atom. The predicted octanol–water partition coefficient (Wildman–Crippen LogP) is 1.88. The van der Waals surface area contributed by atoms with Crippen molar-refractivity contribution in [1.29, 1.82) is 0 Å². The fourth-order valence-corrected chi connectivity index (χ4v) is 1.52.